The van der Waals surface area contributed by atoms with Crippen molar-refractivity contribution in [2.75, 3.05) is 6.61 Å². The highest BCUT2D eigenvalue weighted by Gasteiger charge is 2.12. The van der Waals surface area contributed by atoms with E-state index in [0.29, 0.717) is 17.7 Å². The third-order valence-electron chi connectivity index (χ3n) is 4.57. The van der Waals surface area contributed by atoms with Crippen LogP contribution in [0.1, 0.15) is 41.6 Å². The standard InChI is InChI=1S/C24H23FN2O2/c1-2-3-4-5-6-15-29-22-11-7-9-20(23(22)25)17-27-24(28)19-12-13-21-18(16-19)10-8-14-26-21/h1,7-14,16H,3-6,15,17H2,(H,27,28). The molecule has 0 saturated heterocycles. The van der Waals surface area contributed by atoms with Gasteiger partial charge in [-0.3, -0.25) is 9.78 Å². The lowest BCUT2D eigenvalue weighted by Crippen LogP contribution is -2.23. The summed E-state index contributed by atoms with van der Waals surface area (Å²) in [6.45, 7) is 0.511. The Bertz CT molecular complexity index is 1030. The maximum absolute atomic E-state index is 14.7. The second kappa shape index (κ2) is 10.2. The second-order valence-electron chi connectivity index (χ2n) is 6.69. The highest BCUT2D eigenvalue weighted by Crippen LogP contribution is 2.21. The van der Waals surface area contributed by atoms with Gasteiger partial charge in [0.2, 0.25) is 0 Å². The Labute approximate surface area is 170 Å². The van der Waals surface area contributed by atoms with Crippen LogP contribution in [-0.2, 0) is 6.54 Å². The first kappa shape index (κ1) is 20.3. The number of hydrogen-bond donors (Lipinski definition) is 1. The summed E-state index contributed by atoms with van der Waals surface area (Å²) in [5.41, 5.74) is 1.70. The van der Waals surface area contributed by atoms with E-state index in [4.69, 9.17) is 11.2 Å². The van der Waals surface area contributed by atoms with Crippen LogP contribution in [0.25, 0.3) is 10.9 Å². The number of ether oxygens (including phenoxy) is 1. The number of carbonyl (C=O) groups excluding carboxylic acids is 1. The number of nitrogens with zero attached hydrogens (tertiary/aromatic N) is 1. The van der Waals surface area contributed by atoms with Gasteiger partial charge in [0.25, 0.3) is 5.91 Å². The number of hydrogen-bond acceptors (Lipinski definition) is 3. The van der Waals surface area contributed by atoms with Crippen LogP contribution in [0.3, 0.4) is 0 Å². The van der Waals surface area contributed by atoms with E-state index in [-0.39, 0.29) is 18.2 Å². The van der Waals surface area contributed by atoms with E-state index in [1.165, 1.54) is 0 Å². The molecule has 0 spiro atoms. The molecule has 0 saturated carbocycles. The third kappa shape index (κ3) is 5.55. The molecule has 0 aliphatic carbocycles. The van der Waals surface area contributed by atoms with Crippen LogP contribution in [0, 0.1) is 18.2 Å². The average molecular weight is 390 g/mol. The summed E-state index contributed by atoms with van der Waals surface area (Å²) in [6, 6.07) is 13.9. The second-order valence-corrected chi connectivity index (χ2v) is 6.69. The van der Waals surface area contributed by atoms with Gasteiger partial charge < -0.3 is 10.1 Å². The van der Waals surface area contributed by atoms with E-state index in [9.17, 15) is 9.18 Å². The smallest absolute Gasteiger partial charge is 0.251 e. The zero-order chi connectivity index (χ0) is 20.5. The number of aromatic nitrogens is 1. The lowest BCUT2D eigenvalue weighted by molar-refractivity contribution is 0.0950. The first-order chi connectivity index (χ1) is 14.2. The molecule has 148 valence electrons. The molecule has 0 atom stereocenters. The van der Waals surface area contributed by atoms with Gasteiger partial charge in [0, 0.05) is 35.7 Å². The summed E-state index contributed by atoms with van der Waals surface area (Å²) in [4.78, 5) is 16.7. The molecule has 5 heteroatoms. The Morgan fingerprint density at radius 3 is 2.90 bits per heavy atom. The molecule has 0 radical (unpaired) electrons. The van der Waals surface area contributed by atoms with Gasteiger partial charge in [-0.15, -0.1) is 12.3 Å². The summed E-state index contributed by atoms with van der Waals surface area (Å²) in [5, 5.41) is 3.64. The predicted octanol–water partition coefficient (Wildman–Crippen LogP) is 4.88. The molecule has 2 aromatic carbocycles. The normalized spacial score (nSPS) is 10.5. The molecule has 1 heterocycles. The van der Waals surface area contributed by atoms with Crippen molar-refractivity contribution in [1.82, 2.24) is 10.3 Å². The Hall–Kier alpha value is -3.39. The molecule has 4 nitrogen and oxygen atoms in total. The first-order valence-electron chi connectivity index (χ1n) is 9.65. The molecule has 3 rings (SSSR count). The number of rotatable bonds is 9. The zero-order valence-corrected chi connectivity index (χ0v) is 16.2. The van der Waals surface area contributed by atoms with Gasteiger partial charge >= 0.3 is 0 Å². The average Bonchev–Trinajstić information content (AvgIpc) is 2.75. The van der Waals surface area contributed by atoms with Crippen LogP contribution in [0.15, 0.2) is 54.7 Å². The molecule has 3 aromatic rings. The molecule has 0 unspecified atom stereocenters. The lowest BCUT2D eigenvalue weighted by Gasteiger charge is -2.11. The Morgan fingerprint density at radius 1 is 1.14 bits per heavy atom. The minimum atomic E-state index is -0.445. The number of fused-ring (bicyclic) bond motifs is 1. The number of benzene rings is 2. The van der Waals surface area contributed by atoms with Gasteiger partial charge in [-0.2, -0.15) is 0 Å². The van der Waals surface area contributed by atoms with Crippen molar-refractivity contribution < 1.29 is 13.9 Å². The van der Waals surface area contributed by atoms with Crippen LogP contribution < -0.4 is 10.1 Å². The molecule has 1 aromatic heterocycles. The summed E-state index contributed by atoms with van der Waals surface area (Å²) in [7, 11) is 0. The maximum atomic E-state index is 14.7. The van der Waals surface area contributed by atoms with Gasteiger partial charge in [0.05, 0.1) is 12.1 Å². The van der Waals surface area contributed by atoms with Crippen molar-refractivity contribution in [3.05, 3.63) is 71.7 Å². The van der Waals surface area contributed by atoms with Crippen molar-refractivity contribution in [2.24, 2.45) is 0 Å². The number of terminal acetylenes is 1. The number of halogens is 1. The third-order valence-corrected chi connectivity index (χ3v) is 4.57. The van der Waals surface area contributed by atoms with Crippen LogP contribution >= 0.6 is 0 Å². The SMILES string of the molecule is C#CCCCCCOc1cccc(CNC(=O)c2ccc3ncccc3c2)c1F. The van der Waals surface area contributed by atoms with E-state index in [1.54, 1.807) is 42.6 Å². The number of nitrogens with one attached hydrogen (secondary N) is 1. The van der Waals surface area contributed by atoms with Gasteiger partial charge in [0.1, 0.15) is 0 Å². The fourth-order valence-corrected chi connectivity index (χ4v) is 2.99. The largest absolute Gasteiger partial charge is 0.491 e. The van der Waals surface area contributed by atoms with E-state index in [2.05, 4.69) is 16.2 Å². The van der Waals surface area contributed by atoms with Crippen molar-refractivity contribution in [1.29, 1.82) is 0 Å². The molecule has 1 N–H and O–H groups in total. The van der Waals surface area contributed by atoms with Crippen molar-refractivity contribution in [2.45, 2.75) is 32.2 Å². The van der Waals surface area contributed by atoms with E-state index in [0.717, 1.165) is 36.6 Å². The topological polar surface area (TPSA) is 51.2 Å². The monoisotopic (exact) mass is 390 g/mol. The van der Waals surface area contributed by atoms with Crippen molar-refractivity contribution in [3.8, 4) is 18.1 Å². The van der Waals surface area contributed by atoms with E-state index in [1.807, 2.05) is 12.1 Å². The highest BCUT2D eigenvalue weighted by molar-refractivity contribution is 5.97. The quantitative estimate of drug-likeness (QED) is 0.419. The van der Waals surface area contributed by atoms with Gasteiger partial charge in [-0.1, -0.05) is 18.2 Å². The Balaban J connectivity index is 1.57. The molecule has 0 fully saturated rings. The van der Waals surface area contributed by atoms with Crippen molar-refractivity contribution >= 4 is 16.8 Å². The molecule has 0 bridgehead atoms. The Kier molecular flexibility index (Phi) is 7.18. The van der Waals surface area contributed by atoms with Gasteiger partial charge in [-0.05, 0) is 49.6 Å². The van der Waals surface area contributed by atoms with Gasteiger partial charge in [0.15, 0.2) is 11.6 Å². The number of pyridine rings is 1. The van der Waals surface area contributed by atoms with Crippen LogP contribution in [0.2, 0.25) is 0 Å². The fourth-order valence-electron chi connectivity index (χ4n) is 2.99. The van der Waals surface area contributed by atoms with E-state index >= 15 is 0 Å². The minimum Gasteiger partial charge on any atom is -0.491 e. The molecular formula is C24H23FN2O2. The fraction of sp³-hybridized carbons (Fsp3) is 0.250. The minimum absolute atomic E-state index is 0.0785. The van der Waals surface area contributed by atoms with E-state index < -0.39 is 5.82 Å². The lowest BCUT2D eigenvalue weighted by atomic mass is 10.1. The van der Waals surface area contributed by atoms with Crippen LogP contribution in [0.4, 0.5) is 4.39 Å². The summed E-state index contributed by atoms with van der Waals surface area (Å²) < 4.78 is 20.2. The van der Waals surface area contributed by atoms with Gasteiger partial charge in [-0.25, -0.2) is 4.39 Å². The van der Waals surface area contributed by atoms with Crippen LogP contribution in [-0.4, -0.2) is 17.5 Å². The maximum Gasteiger partial charge on any atom is 0.251 e. The Morgan fingerprint density at radius 2 is 2.03 bits per heavy atom. The zero-order valence-electron chi connectivity index (χ0n) is 16.2. The predicted molar refractivity (Wildman–Crippen MR) is 112 cm³/mol. The number of amides is 1. The number of carbonyl (C=O) groups is 1. The molecule has 0 aliphatic rings. The molecule has 0 aliphatic heterocycles. The molecule has 1 amide bonds. The number of unbranched alkanes of at least 4 members (excludes halogenated alkanes) is 3. The highest BCUT2D eigenvalue weighted by atomic mass is 19.1. The summed E-state index contributed by atoms with van der Waals surface area (Å²) in [6.07, 6.45) is 10.4. The summed E-state index contributed by atoms with van der Waals surface area (Å²) >= 11 is 0. The van der Waals surface area contributed by atoms with Crippen LogP contribution in [0.5, 0.6) is 5.75 Å². The summed E-state index contributed by atoms with van der Waals surface area (Å²) in [5.74, 6) is 2.08. The first-order valence-corrected chi connectivity index (χ1v) is 9.65. The molecule has 29 heavy (non-hydrogen) atoms. The molecular weight excluding hydrogens is 367 g/mol. The van der Waals surface area contributed by atoms with Crippen molar-refractivity contribution in [3.63, 3.8) is 0 Å².